The summed E-state index contributed by atoms with van der Waals surface area (Å²) in [5.74, 6) is -0.726. The molecule has 0 amide bonds. The molecule has 3 aromatic carbocycles. The third kappa shape index (κ3) is 4.78. The number of hydrogen-bond donors (Lipinski definition) is 0. The summed E-state index contributed by atoms with van der Waals surface area (Å²) in [6.45, 7) is 2.24. The van der Waals surface area contributed by atoms with Gasteiger partial charge in [0.1, 0.15) is 0 Å². The Hall–Kier alpha value is -3.19. The fraction of sp³-hybridized carbons (Fsp3) is 0.281. The molecule has 1 aromatic heterocycles. The molecule has 0 aliphatic heterocycles. The van der Waals surface area contributed by atoms with Crippen LogP contribution >= 0.6 is 0 Å². The van der Waals surface area contributed by atoms with Crippen molar-refractivity contribution in [3.05, 3.63) is 102 Å². The molecule has 0 N–H and O–H groups in total. The Morgan fingerprint density at radius 3 is 2.24 bits per heavy atom. The van der Waals surface area contributed by atoms with Crippen molar-refractivity contribution < 1.29 is 5.48 Å². The van der Waals surface area contributed by atoms with E-state index in [2.05, 4.69) is 24.9 Å². The Labute approximate surface area is 204 Å². The molecule has 5 rings (SSSR count). The second kappa shape index (κ2) is 8.98. The predicted molar refractivity (Wildman–Crippen MR) is 140 cm³/mol. The van der Waals surface area contributed by atoms with Gasteiger partial charge in [0, 0.05) is 17.2 Å². The van der Waals surface area contributed by atoms with E-state index in [1.54, 1.807) is 6.07 Å². The molecule has 1 saturated carbocycles. The average molecular weight is 436 g/mol. The van der Waals surface area contributed by atoms with E-state index in [-0.39, 0.29) is 5.41 Å². The van der Waals surface area contributed by atoms with Crippen LogP contribution in [0.3, 0.4) is 0 Å². The SMILES string of the molecule is [2H]C([2H])([2H])c1cc(C2([2H])CCC(C)(C)CC2)ccc1-c1ccc(-c2ccnc(-c3ccccc3)c2)cc1. The monoisotopic (exact) mass is 435 g/mol. The second-order valence-electron chi connectivity index (χ2n) is 9.90. The van der Waals surface area contributed by atoms with Crippen LogP contribution in [0.5, 0.6) is 0 Å². The standard InChI is InChI=1S/C32H33N/c1-23-21-28(25-15-18-32(2,3)19-16-25)13-14-30(23)26-11-9-24(10-12-26)29-17-20-33-31(22-29)27-7-5-4-6-8-27/h4-14,17,20-22,25H,15-16,18-19H2,1-3H3/i1D3,25D. The zero-order valence-electron chi connectivity index (χ0n) is 23.4. The molecule has 1 heterocycles. The highest BCUT2D eigenvalue weighted by Crippen LogP contribution is 2.43. The largest absolute Gasteiger partial charge is 0.256 e. The Kier molecular flexibility index (Phi) is 4.71. The summed E-state index contributed by atoms with van der Waals surface area (Å²) in [5.41, 5.74) is 7.04. The Bertz CT molecular complexity index is 1380. The summed E-state index contributed by atoms with van der Waals surface area (Å²) in [6.07, 6.45) is 5.28. The van der Waals surface area contributed by atoms with Crippen LogP contribution in [-0.2, 0) is 0 Å². The first-order valence-corrected chi connectivity index (χ1v) is 11.8. The van der Waals surface area contributed by atoms with Crippen molar-refractivity contribution in [2.45, 2.75) is 52.3 Å². The fourth-order valence-electron chi connectivity index (χ4n) is 4.75. The minimum absolute atomic E-state index is 0.246. The molecule has 1 aliphatic rings. The normalized spacial score (nSPS) is 19.1. The quantitative estimate of drug-likeness (QED) is 0.311. The minimum Gasteiger partial charge on any atom is -0.256 e. The lowest BCUT2D eigenvalue weighted by Crippen LogP contribution is -2.20. The molecule has 0 unspecified atom stereocenters. The Morgan fingerprint density at radius 2 is 1.52 bits per heavy atom. The molecule has 1 nitrogen and oxygen atoms in total. The third-order valence-electron chi connectivity index (χ3n) is 6.99. The maximum atomic E-state index is 9.13. The van der Waals surface area contributed by atoms with Crippen molar-refractivity contribution in [1.29, 1.82) is 0 Å². The molecule has 166 valence electrons. The van der Waals surface area contributed by atoms with Gasteiger partial charge < -0.3 is 0 Å². The summed E-state index contributed by atoms with van der Waals surface area (Å²) in [4.78, 5) is 4.52. The molecule has 0 atom stereocenters. The highest BCUT2D eigenvalue weighted by Gasteiger charge is 2.27. The molecule has 1 heteroatoms. The highest BCUT2D eigenvalue weighted by molar-refractivity contribution is 5.74. The molecular weight excluding hydrogens is 398 g/mol. The molecule has 4 aromatic rings. The first-order chi connectivity index (χ1) is 17.5. The second-order valence-corrected chi connectivity index (χ2v) is 9.90. The fourth-order valence-corrected chi connectivity index (χ4v) is 4.75. The van der Waals surface area contributed by atoms with Gasteiger partial charge in [0.05, 0.1) is 5.69 Å². The van der Waals surface area contributed by atoms with Gasteiger partial charge in [0.15, 0.2) is 0 Å². The van der Waals surface area contributed by atoms with Gasteiger partial charge in [-0.3, -0.25) is 4.98 Å². The van der Waals surface area contributed by atoms with Crippen LogP contribution in [0, 0.1) is 12.3 Å². The summed E-state index contributed by atoms with van der Waals surface area (Å²) in [7, 11) is 0. The summed E-state index contributed by atoms with van der Waals surface area (Å²) in [5, 5.41) is 0. The molecule has 33 heavy (non-hydrogen) atoms. The van der Waals surface area contributed by atoms with Crippen LogP contribution in [0.1, 0.15) is 62.0 Å². The smallest absolute Gasteiger partial charge is 0.0708 e. The highest BCUT2D eigenvalue weighted by atomic mass is 14.7. The van der Waals surface area contributed by atoms with Crippen LogP contribution in [0.2, 0.25) is 0 Å². The van der Waals surface area contributed by atoms with Crippen LogP contribution in [0.15, 0.2) is 91.1 Å². The van der Waals surface area contributed by atoms with Crippen LogP contribution in [0.4, 0.5) is 0 Å². The first kappa shape index (κ1) is 17.3. The van der Waals surface area contributed by atoms with E-state index in [1.807, 2.05) is 79.0 Å². The number of benzene rings is 3. The summed E-state index contributed by atoms with van der Waals surface area (Å²) < 4.78 is 33.9. The van der Waals surface area contributed by atoms with Gasteiger partial charge in [-0.1, -0.05) is 86.6 Å². The third-order valence-corrected chi connectivity index (χ3v) is 6.99. The van der Waals surface area contributed by atoms with E-state index in [1.165, 1.54) is 0 Å². The van der Waals surface area contributed by atoms with Crippen molar-refractivity contribution in [3.8, 4) is 33.5 Å². The molecular formula is C32H33N. The first-order valence-electron chi connectivity index (χ1n) is 13.8. The van der Waals surface area contributed by atoms with Crippen LogP contribution in [0.25, 0.3) is 33.5 Å². The number of hydrogen-bond acceptors (Lipinski definition) is 1. The van der Waals surface area contributed by atoms with Gasteiger partial charge in [0.25, 0.3) is 0 Å². The van der Waals surface area contributed by atoms with E-state index in [0.29, 0.717) is 11.1 Å². The zero-order valence-corrected chi connectivity index (χ0v) is 19.4. The minimum atomic E-state index is -2.26. The summed E-state index contributed by atoms with van der Waals surface area (Å²) >= 11 is 0. The van der Waals surface area contributed by atoms with Gasteiger partial charge in [-0.2, -0.15) is 0 Å². The van der Waals surface area contributed by atoms with Crippen LogP contribution < -0.4 is 0 Å². The Balaban J connectivity index is 1.47. The lowest BCUT2D eigenvalue weighted by Gasteiger charge is -2.34. The Morgan fingerprint density at radius 1 is 0.788 bits per heavy atom. The van der Waals surface area contributed by atoms with E-state index < -0.39 is 12.7 Å². The van der Waals surface area contributed by atoms with Gasteiger partial charge >= 0.3 is 0 Å². The van der Waals surface area contributed by atoms with Crippen molar-refractivity contribution in [2.24, 2.45) is 5.41 Å². The molecule has 1 aliphatic carbocycles. The van der Waals surface area contributed by atoms with Crippen molar-refractivity contribution in [2.75, 3.05) is 0 Å². The maximum Gasteiger partial charge on any atom is 0.0708 e. The summed E-state index contributed by atoms with van der Waals surface area (Å²) in [6, 6.07) is 27.8. The number of aromatic nitrogens is 1. The van der Waals surface area contributed by atoms with Gasteiger partial charge in [-0.25, -0.2) is 0 Å². The number of nitrogens with zero attached hydrogens (tertiary/aromatic N) is 1. The lowest BCUT2D eigenvalue weighted by atomic mass is 9.71. The van der Waals surface area contributed by atoms with Gasteiger partial charge in [-0.05, 0) is 89.4 Å². The van der Waals surface area contributed by atoms with E-state index in [9.17, 15) is 0 Å². The van der Waals surface area contributed by atoms with Crippen molar-refractivity contribution in [1.82, 2.24) is 4.98 Å². The molecule has 0 radical (unpaired) electrons. The molecule has 0 spiro atoms. The topological polar surface area (TPSA) is 12.9 Å². The van der Waals surface area contributed by atoms with Crippen molar-refractivity contribution >= 4 is 0 Å². The molecule has 1 fully saturated rings. The van der Waals surface area contributed by atoms with Gasteiger partial charge in [-0.15, -0.1) is 0 Å². The average Bonchev–Trinajstić information content (AvgIpc) is 2.90. The number of pyridine rings is 1. The maximum absolute atomic E-state index is 9.13. The van der Waals surface area contributed by atoms with E-state index in [4.69, 9.17) is 5.48 Å². The zero-order chi connectivity index (χ0) is 26.3. The van der Waals surface area contributed by atoms with E-state index >= 15 is 0 Å². The number of aryl methyl sites for hydroxylation is 1. The van der Waals surface area contributed by atoms with Crippen molar-refractivity contribution in [3.63, 3.8) is 0 Å². The molecule has 0 bridgehead atoms. The van der Waals surface area contributed by atoms with Crippen LogP contribution in [-0.4, -0.2) is 4.98 Å². The van der Waals surface area contributed by atoms with E-state index in [0.717, 1.165) is 59.2 Å². The van der Waals surface area contributed by atoms with Gasteiger partial charge in [0.2, 0.25) is 0 Å². The predicted octanol–water partition coefficient (Wildman–Crippen LogP) is 9.07. The number of rotatable bonds is 4. The molecule has 0 saturated heterocycles. The lowest BCUT2D eigenvalue weighted by molar-refractivity contribution is 0.224.